The van der Waals surface area contributed by atoms with E-state index in [-0.39, 0.29) is 6.03 Å². The van der Waals surface area contributed by atoms with Crippen LogP contribution in [0.5, 0.6) is 0 Å². The van der Waals surface area contributed by atoms with E-state index >= 15 is 0 Å². The summed E-state index contributed by atoms with van der Waals surface area (Å²) in [7, 11) is 1.71. The molecule has 2 N–H and O–H groups in total. The number of nitrogens with zero attached hydrogens (tertiary/aromatic N) is 1. The molecule has 0 aliphatic rings. The van der Waals surface area contributed by atoms with Crippen molar-refractivity contribution in [2.75, 3.05) is 17.3 Å². The van der Waals surface area contributed by atoms with Crippen LogP contribution < -0.4 is 10.2 Å². The van der Waals surface area contributed by atoms with Crippen molar-refractivity contribution in [3.63, 3.8) is 0 Å². The quantitative estimate of drug-likeness (QED) is 0.898. The summed E-state index contributed by atoms with van der Waals surface area (Å²) in [6, 6.07) is 16.4. The van der Waals surface area contributed by atoms with E-state index in [1.54, 1.807) is 32.2 Å². The maximum atomic E-state index is 12.1. The fraction of sp³-hybridized carbons (Fsp3) is 0.188. The zero-order valence-corrected chi connectivity index (χ0v) is 11.6. The molecule has 4 heteroatoms. The Morgan fingerprint density at radius 2 is 1.85 bits per heavy atom. The minimum atomic E-state index is -0.557. The highest BCUT2D eigenvalue weighted by atomic mass is 16.3. The van der Waals surface area contributed by atoms with E-state index in [1.807, 2.05) is 36.4 Å². The number of benzene rings is 2. The monoisotopic (exact) mass is 270 g/mol. The standard InChI is InChI=1S/C16H18N2O2/c1-12(19)13-7-6-8-14(11-13)17-16(20)18(2)15-9-4-3-5-10-15/h3-12,19H,1-2H3,(H,17,20). The highest BCUT2D eigenvalue weighted by molar-refractivity contribution is 6.01. The zero-order chi connectivity index (χ0) is 14.5. The average Bonchev–Trinajstić information content (AvgIpc) is 2.47. The third-order valence-electron chi connectivity index (χ3n) is 3.07. The Hall–Kier alpha value is -2.33. The molecule has 1 unspecified atom stereocenters. The van der Waals surface area contributed by atoms with Gasteiger partial charge in [-0.25, -0.2) is 4.79 Å². The lowest BCUT2D eigenvalue weighted by atomic mass is 10.1. The molecule has 20 heavy (non-hydrogen) atoms. The molecule has 0 aliphatic carbocycles. The molecule has 1 atom stereocenters. The number of anilines is 2. The summed E-state index contributed by atoms with van der Waals surface area (Å²) in [5, 5.41) is 12.4. The lowest BCUT2D eigenvalue weighted by Crippen LogP contribution is -2.31. The first-order valence-electron chi connectivity index (χ1n) is 6.45. The second-order valence-corrected chi connectivity index (χ2v) is 4.63. The molecule has 0 saturated carbocycles. The number of aliphatic hydroxyl groups excluding tert-OH is 1. The molecule has 4 nitrogen and oxygen atoms in total. The van der Waals surface area contributed by atoms with Crippen molar-refractivity contribution in [3.05, 3.63) is 60.2 Å². The number of amides is 2. The maximum absolute atomic E-state index is 12.1. The van der Waals surface area contributed by atoms with Crippen LogP contribution in [0.3, 0.4) is 0 Å². The van der Waals surface area contributed by atoms with Gasteiger partial charge in [0.15, 0.2) is 0 Å². The minimum absolute atomic E-state index is 0.223. The summed E-state index contributed by atoms with van der Waals surface area (Å²) in [5.41, 5.74) is 2.25. The molecule has 2 rings (SSSR count). The molecule has 0 bridgehead atoms. The van der Waals surface area contributed by atoms with E-state index < -0.39 is 6.10 Å². The molecule has 0 spiro atoms. The van der Waals surface area contributed by atoms with Crippen molar-refractivity contribution in [2.45, 2.75) is 13.0 Å². The van der Waals surface area contributed by atoms with E-state index in [9.17, 15) is 9.90 Å². The SMILES string of the molecule is CC(O)c1cccc(NC(=O)N(C)c2ccccc2)c1. The van der Waals surface area contributed by atoms with Gasteiger partial charge in [0.1, 0.15) is 0 Å². The van der Waals surface area contributed by atoms with Crippen molar-refractivity contribution in [1.82, 2.24) is 0 Å². The topological polar surface area (TPSA) is 52.6 Å². The van der Waals surface area contributed by atoms with E-state index in [1.165, 1.54) is 4.90 Å². The van der Waals surface area contributed by atoms with E-state index in [0.29, 0.717) is 5.69 Å². The maximum Gasteiger partial charge on any atom is 0.326 e. The number of hydrogen-bond donors (Lipinski definition) is 2. The van der Waals surface area contributed by atoms with Crippen LogP contribution in [0.15, 0.2) is 54.6 Å². The number of nitrogens with one attached hydrogen (secondary N) is 1. The number of carbonyl (C=O) groups is 1. The Morgan fingerprint density at radius 1 is 1.15 bits per heavy atom. The van der Waals surface area contributed by atoms with Gasteiger partial charge < -0.3 is 10.4 Å². The van der Waals surface area contributed by atoms with Gasteiger partial charge in [0.25, 0.3) is 0 Å². The van der Waals surface area contributed by atoms with Crippen LogP contribution in [-0.4, -0.2) is 18.2 Å². The third kappa shape index (κ3) is 3.36. The number of aliphatic hydroxyl groups is 1. The normalized spacial score (nSPS) is 11.8. The first kappa shape index (κ1) is 14.1. The number of hydrogen-bond acceptors (Lipinski definition) is 2. The molecule has 104 valence electrons. The molecule has 0 aromatic heterocycles. The Balaban J connectivity index is 2.10. The highest BCUT2D eigenvalue weighted by Crippen LogP contribution is 2.18. The van der Waals surface area contributed by atoms with Gasteiger partial charge in [-0.15, -0.1) is 0 Å². The molecule has 2 aromatic carbocycles. The predicted octanol–water partition coefficient (Wildman–Crippen LogP) is 3.41. The molecule has 0 fully saturated rings. The van der Waals surface area contributed by atoms with Crippen molar-refractivity contribution in [3.8, 4) is 0 Å². The van der Waals surface area contributed by atoms with Crippen molar-refractivity contribution >= 4 is 17.4 Å². The van der Waals surface area contributed by atoms with Crippen LogP contribution in [-0.2, 0) is 0 Å². The largest absolute Gasteiger partial charge is 0.389 e. The smallest absolute Gasteiger partial charge is 0.326 e. The Morgan fingerprint density at radius 3 is 2.50 bits per heavy atom. The molecular weight excluding hydrogens is 252 g/mol. The number of carbonyl (C=O) groups excluding carboxylic acids is 1. The van der Waals surface area contributed by atoms with Crippen LogP contribution in [0, 0.1) is 0 Å². The molecule has 0 radical (unpaired) electrons. The van der Waals surface area contributed by atoms with E-state index in [4.69, 9.17) is 0 Å². The van der Waals surface area contributed by atoms with Gasteiger partial charge in [-0.1, -0.05) is 30.3 Å². The first-order chi connectivity index (χ1) is 9.58. The van der Waals surface area contributed by atoms with Gasteiger partial charge in [-0.05, 0) is 36.8 Å². The highest BCUT2D eigenvalue weighted by Gasteiger charge is 2.11. The predicted molar refractivity (Wildman–Crippen MR) is 80.9 cm³/mol. The summed E-state index contributed by atoms with van der Waals surface area (Å²) in [4.78, 5) is 13.7. The number of para-hydroxylation sites is 1. The van der Waals surface area contributed by atoms with Crippen LogP contribution in [0.1, 0.15) is 18.6 Å². The molecule has 2 amide bonds. The minimum Gasteiger partial charge on any atom is -0.389 e. The van der Waals surface area contributed by atoms with Crippen molar-refractivity contribution in [1.29, 1.82) is 0 Å². The molecule has 2 aromatic rings. The summed E-state index contributed by atoms with van der Waals surface area (Å²) in [6.07, 6.45) is -0.557. The fourth-order valence-corrected chi connectivity index (χ4v) is 1.85. The van der Waals surface area contributed by atoms with Crippen molar-refractivity contribution < 1.29 is 9.90 Å². The van der Waals surface area contributed by atoms with Gasteiger partial charge in [0, 0.05) is 18.4 Å². The van der Waals surface area contributed by atoms with Gasteiger partial charge in [0.2, 0.25) is 0 Å². The molecular formula is C16H18N2O2. The van der Waals surface area contributed by atoms with Crippen molar-refractivity contribution in [2.24, 2.45) is 0 Å². The fourth-order valence-electron chi connectivity index (χ4n) is 1.85. The summed E-state index contributed by atoms with van der Waals surface area (Å²) in [6.45, 7) is 1.69. The Bertz CT molecular complexity index is 582. The lowest BCUT2D eigenvalue weighted by Gasteiger charge is -2.18. The summed E-state index contributed by atoms with van der Waals surface area (Å²) in [5.74, 6) is 0. The van der Waals surface area contributed by atoms with Gasteiger partial charge in [-0.3, -0.25) is 4.90 Å². The molecule has 0 aliphatic heterocycles. The van der Waals surface area contributed by atoms with Crippen LogP contribution in [0.4, 0.5) is 16.2 Å². The first-order valence-corrected chi connectivity index (χ1v) is 6.45. The molecule has 0 heterocycles. The van der Waals surface area contributed by atoms with Gasteiger partial charge in [0.05, 0.1) is 6.10 Å². The lowest BCUT2D eigenvalue weighted by molar-refractivity contribution is 0.199. The van der Waals surface area contributed by atoms with Gasteiger partial charge >= 0.3 is 6.03 Å². The van der Waals surface area contributed by atoms with Crippen LogP contribution in [0.25, 0.3) is 0 Å². The summed E-state index contributed by atoms with van der Waals surface area (Å²) >= 11 is 0. The summed E-state index contributed by atoms with van der Waals surface area (Å²) < 4.78 is 0. The Kier molecular flexibility index (Phi) is 4.38. The second kappa shape index (κ2) is 6.21. The number of urea groups is 1. The van der Waals surface area contributed by atoms with E-state index in [0.717, 1.165) is 11.3 Å². The van der Waals surface area contributed by atoms with E-state index in [2.05, 4.69) is 5.32 Å². The second-order valence-electron chi connectivity index (χ2n) is 4.63. The third-order valence-corrected chi connectivity index (χ3v) is 3.07. The average molecular weight is 270 g/mol. The zero-order valence-electron chi connectivity index (χ0n) is 11.6. The number of rotatable bonds is 3. The molecule has 0 saturated heterocycles. The van der Waals surface area contributed by atoms with Gasteiger partial charge in [-0.2, -0.15) is 0 Å². The Labute approximate surface area is 118 Å². The van der Waals surface area contributed by atoms with Crippen LogP contribution >= 0.6 is 0 Å². The van der Waals surface area contributed by atoms with Crippen LogP contribution in [0.2, 0.25) is 0 Å².